The monoisotopic (exact) mass is 367 g/mol. The summed E-state index contributed by atoms with van der Waals surface area (Å²) in [4.78, 5) is 16.7. The van der Waals surface area contributed by atoms with Crippen LogP contribution in [0, 0.1) is 6.92 Å². The van der Waals surface area contributed by atoms with E-state index in [1.54, 1.807) is 6.07 Å². The number of H-pyrrole nitrogens is 1. The van der Waals surface area contributed by atoms with Crippen molar-refractivity contribution in [2.24, 2.45) is 4.99 Å². The summed E-state index contributed by atoms with van der Waals surface area (Å²) in [6.45, 7) is 7.35. The normalized spacial score (nSPS) is 12.8. The minimum absolute atomic E-state index is 0.0830. The number of rotatable bonds is 2. The molecule has 0 spiro atoms. The second-order valence-corrected chi connectivity index (χ2v) is 6.72. The van der Waals surface area contributed by atoms with Gasteiger partial charge in [-0.1, -0.05) is 0 Å². The van der Waals surface area contributed by atoms with Gasteiger partial charge in [0.15, 0.2) is 5.82 Å². The van der Waals surface area contributed by atoms with Crippen LogP contribution in [0.15, 0.2) is 35.3 Å². The summed E-state index contributed by atoms with van der Waals surface area (Å²) < 4.78 is 37.9. The van der Waals surface area contributed by atoms with Gasteiger partial charge in [-0.25, -0.2) is 4.99 Å². The Hall–Kier alpha value is -2.84. The number of carbonyl (C=O) groups is 1. The lowest BCUT2D eigenvalue weighted by atomic mass is 10.1. The predicted molar refractivity (Wildman–Crippen MR) is 93.0 cm³/mol. The van der Waals surface area contributed by atoms with Crippen LogP contribution in [-0.2, 0) is 6.18 Å². The van der Waals surface area contributed by atoms with Gasteiger partial charge in [-0.15, -0.1) is 0 Å². The summed E-state index contributed by atoms with van der Waals surface area (Å²) in [6, 6.07) is 5.68. The van der Waals surface area contributed by atoms with Gasteiger partial charge in [0.1, 0.15) is 0 Å². The Morgan fingerprint density at radius 1 is 1.15 bits per heavy atom. The number of aryl methyl sites for hydroxylation is 1. The van der Waals surface area contributed by atoms with Crippen molar-refractivity contribution in [3.8, 4) is 0 Å². The van der Waals surface area contributed by atoms with Crippen molar-refractivity contribution in [2.75, 3.05) is 5.32 Å². The third-order valence-electron chi connectivity index (χ3n) is 3.11. The molecule has 2 rings (SSSR count). The summed E-state index contributed by atoms with van der Waals surface area (Å²) in [5, 5.41) is 12.2. The van der Waals surface area contributed by atoms with Gasteiger partial charge in [-0.05, 0) is 52.0 Å². The van der Waals surface area contributed by atoms with Crippen molar-refractivity contribution >= 4 is 17.7 Å². The highest BCUT2D eigenvalue weighted by molar-refractivity contribution is 6.09. The molecule has 0 saturated heterocycles. The number of guanidine groups is 1. The Labute approximate surface area is 148 Å². The van der Waals surface area contributed by atoms with Crippen LogP contribution in [0.1, 0.15) is 42.4 Å². The zero-order valence-corrected chi connectivity index (χ0v) is 14.8. The molecule has 0 radical (unpaired) electrons. The zero-order chi connectivity index (χ0) is 19.5. The standard InChI is InChI=1S/C17H20F3N5O/c1-10-9-13(25-24-10)21-15(23-16(2,3)4)22-14(26)11-5-7-12(8-6-11)17(18,19)20/h5-9H,1-4H3,(H3,21,22,23,24,25,26). The topological polar surface area (TPSA) is 82.2 Å². The number of aromatic nitrogens is 2. The number of nitrogens with one attached hydrogen (secondary N) is 3. The number of halogens is 3. The third-order valence-corrected chi connectivity index (χ3v) is 3.11. The van der Waals surface area contributed by atoms with Crippen molar-refractivity contribution in [1.82, 2.24) is 15.5 Å². The van der Waals surface area contributed by atoms with Gasteiger partial charge in [0.2, 0.25) is 5.96 Å². The Bertz CT molecular complexity index is 801. The highest BCUT2D eigenvalue weighted by Gasteiger charge is 2.30. The number of aromatic amines is 1. The molecule has 1 amide bonds. The second kappa shape index (κ2) is 7.19. The van der Waals surface area contributed by atoms with Crippen molar-refractivity contribution in [1.29, 1.82) is 0 Å². The average Bonchev–Trinajstić information content (AvgIpc) is 2.89. The van der Waals surface area contributed by atoms with Gasteiger partial charge in [0.25, 0.3) is 5.91 Å². The maximum absolute atomic E-state index is 12.6. The number of carbonyl (C=O) groups excluding carboxylic acids is 1. The molecule has 1 aromatic carbocycles. The van der Waals surface area contributed by atoms with Crippen LogP contribution < -0.4 is 10.6 Å². The van der Waals surface area contributed by atoms with E-state index in [1.165, 1.54) is 0 Å². The second-order valence-electron chi connectivity index (χ2n) is 6.72. The average molecular weight is 367 g/mol. The van der Waals surface area contributed by atoms with Crippen LogP contribution >= 0.6 is 0 Å². The van der Waals surface area contributed by atoms with Crippen LogP contribution in [0.25, 0.3) is 0 Å². The summed E-state index contributed by atoms with van der Waals surface area (Å²) in [7, 11) is 0. The van der Waals surface area contributed by atoms with E-state index in [2.05, 4.69) is 25.8 Å². The number of aliphatic imine (C=N–C) groups is 1. The molecule has 0 bridgehead atoms. The predicted octanol–water partition coefficient (Wildman–Crippen LogP) is 3.73. The molecule has 1 aromatic heterocycles. The molecule has 0 unspecified atom stereocenters. The lowest BCUT2D eigenvalue weighted by Crippen LogP contribution is -2.38. The van der Waals surface area contributed by atoms with Gasteiger partial charge >= 0.3 is 6.18 Å². The van der Waals surface area contributed by atoms with E-state index in [-0.39, 0.29) is 11.5 Å². The van der Waals surface area contributed by atoms with E-state index in [9.17, 15) is 18.0 Å². The van der Waals surface area contributed by atoms with Gasteiger partial charge in [0.05, 0.1) is 11.1 Å². The number of nitrogens with zero attached hydrogens (tertiary/aromatic N) is 2. The quantitative estimate of drug-likeness (QED) is 0.559. The molecule has 0 aliphatic carbocycles. The maximum Gasteiger partial charge on any atom is 0.416 e. The minimum atomic E-state index is -4.45. The van der Waals surface area contributed by atoms with Gasteiger partial charge in [0, 0.05) is 17.3 Å². The largest absolute Gasteiger partial charge is 0.416 e. The Balaban J connectivity index is 2.19. The SMILES string of the molecule is Cc1cc(NC(=NC(C)(C)C)NC(=O)c2ccc(C(F)(F)F)cc2)n[nH]1. The molecule has 6 nitrogen and oxygen atoms in total. The first-order valence-electron chi connectivity index (χ1n) is 7.81. The number of hydrogen-bond acceptors (Lipinski definition) is 3. The van der Waals surface area contributed by atoms with Crippen LogP contribution in [0.2, 0.25) is 0 Å². The fourth-order valence-electron chi connectivity index (χ4n) is 2.02. The van der Waals surface area contributed by atoms with E-state index in [0.717, 1.165) is 30.0 Å². The van der Waals surface area contributed by atoms with E-state index in [0.29, 0.717) is 5.82 Å². The molecule has 0 saturated carbocycles. The minimum Gasteiger partial charge on any atom is -0.309 e. The molecule has 140 valence electrons. The van der Waals surface area contributed by atoms with Crippen molar-refractivity contribution in [3.05, 3.63) is 47.2 Å². The van der Waals surface area contributed by atoms with E-state index in [1.807, 2.05) is 27.7 Å². The van der Waals surface area contributed by atoms with Gasteiger partial charge < -0.3 is 5.32 Å². The van der Waals surface area contributed by atoms with Crippen LogP contribution in [0.4, 0.5) is 19.0 Å². The Morgan fingerprint density at radius 3 is 2.23 bits per heavy atom. The van der Waals surface area contributed by atoms with Crippen molar-refractivity contribution in [3.63, 3.8) is 0 Å². The first-order chi connectivity index (χ1) is 11.9. The first kappa shape index (κ1) is 19.5. The van der Waals surface area contributed by atoms with E-state index in [4.69, 9.17) is 0 Å². The highest BCUT2D eigenvalue weighted by atomic mass is 19.4. The maximum atomic E-state index is 12.6. The molecular weight excluding hydrogens is 347 g/mol. The Kier molecular flexibility index (Phi) is 5.38. The molecule has 0 atom stereocenters. The number of hydrogen-bond donors (Lipinski definition) is 3. The highest BCUT2D eigenvalue weighted by Crippen LogP contribution is 2.29. The molecule has 3 N–H and O–H groups in total. The summed E-state index contributed by atoms with van der Waals surface area (Å²) in [5.41, 5.74) is -0.416. The zero-order valence-electron chi connectivity index (χ0n) is 14.8. The molecule has 0 aliphatic rings. The smallest absolute Gasteiger partial charge is 0.309 e. The van der Waals surface area contributed by atoms with Crippen molar-refractivity contribution in [2.45, 2.75) is 39.4 Å². The summed E-state index contributed by atoms with van der Waals surface area (Å²) >= 11 is 0. The third kappa shape index (κ3) is 5.61. The molecule has 0 fully saturated rings. The summed E-state index contributed by atoms with van der Waals surface area (Å²) in [6.07, 6.45) is -4.45. The van der Waals surface area contributed by atoms with Gasteiger partial charge in [-0.3, -0.25) is 15.2 Å². The number of alkyl halides is 3. The fraction of sp³-hybridized carbons (Fsp3) is 0.353. The fourth-order valence-corrected chi connectivity index (χ4v) is 2.02. The molecule has 26 heavy (non-hydrogen) atoms. The van der Waals surface area contributed by atoms with E-state index < -0.39 is 23.2 Å². The molecule has 2 aromatic rings. The lowest BCUT2D eigenvalue weighted by Gasteiger charge is -2.17. The van der Waals surface area contributed by atoms with Crippen molar-refractivity contribution < 1.29 is 18.0 Å². The van der Waals surface area contributed by atoms with E-state index >= 15 is 0 Å². The molecule has 0 aliphatic heterocycles. The van der Waals surface area contributed by atoms with Crippen LogP contribution in [0.3, 0.4) is 0 Å². The summed E-state index contributed by atoms with van der Waals surface area (Å²) in [5.74, 6) is 0.0219. The number of amides is 1. The molecule has 9 heteroatoms. The molecule has 1 heterocycles. The van der Waals surface area contributed by atoms with Crippen LogP contribution in [-0.4, -0.2) is 27.6 Å². The van der Waals surface area contributed by atoms with Gasteiger partial charge in [-0.2, -0.15) is 18.3 Å². The lowest BCUT2D eigenvalue weighted by molar-refractivity contribution is -0.137. The number of benzene rings is 1. The first-order valence-corrected chi connectivity index (χ1v) is 7.81. The number of anilines is 1. The molecular formula is C17H20F3N5O. The van der Waals surface area contributed by atoms with Crippen LogP contribution in [0.5, 0.6) is 0 Å². The Morgan fingerprint density at radius 2 is 1.77 bits per heavy atom.